The van der Waals surface area contributed by atoms with Gasteiger partial charge in [-0.3, -0.25) is 9.36 Å². The number of aromatic nitrogens is 2. The molecule has 0 spiro atoms. The predicted octanol–water partition coefficient (Wildman–Crippen LogP) is 4.59. The molecule has 4 aromatic rings. The van der Waals surface area contributed by atoms with Crippen molar-refractivity contribution in [2.45, 2.75) is 19.9 Å². The van der Waals surface area contributed by atoms with E-state index in [2.05, 4.69) is 65.4 Å². The third kappa shape index (κ3) is 4.15. The van der Waals surface area contributed by atoms with Crippen LogP contribution in [0.2, 0.25) is 0 Å². The second-order valence-corrected chi connectivity index (χ2v) is 8.77. The van der Waals surface area contributed by atoms with Crippen LogP contribution in [0.25, 0.3) is 20.7 Å². The maximum Gasteiger partial charge on any atom is 0.271 e. The Morgan fingerprint density at radius 3 is 2.37 bits per heavy atom. The number of hydrogen-bond acceptors (Lipinski definition) is 5. The van der Waals surface area contributed by atoms with Crippen LogP contribution in [0.15, 0.2) is 65.7 Å². The lowest BCUT2D eigenvalue weighted by Gasteiger charge is -2.26. The molecule has 30 heavy (non-hydrogen) atoms. The summed E-state index contributed by atoms with van der Waals surface area (Å²) in [6, 6.07) is 18.8. The van der Waals surface area contributed by atoms with Crippen molar-refractivity contribution in [3.63, 3.8) is 0 Å². The van der Waals surface area contributed by atoms with Crippen LogP contribution in [0.5, 0.6) is 0 Å². The summed E-state index contributed by atoms with van der Waals surface area (Å²) in [6.07, 6.45) is 2.46. The number of anilines is 1. The molecule has 2 aromatic heterocycles. The Balaban J connectivity index is 1.53. The second-order valence-electron chi connectivity index (χ2n) is 7.72. The first kappa shape index (κ1) is 20.3. The van der Waals surface area contributed by atoms with E-state index in [9.17, 15) is 4.79 Å². The van der Waals surface area contributed by atoms with E-state index in [4.69, 9.17) is 0 Å². The minimum absolute atomic E-state index is 0.0346. The van der Waals surface area contributed by atoms with Crippen molar-refractivity contribution < 1.29 is 0 Å². The molecule has 4 rings (SSSR count). The van der Waals surface area contributed by atoms with E-state index >= 15 is 0 Å². The van der Waals surface area contributed by atoms with Crippen molar-refractivity contribution in [1.82, 2.24) is 14.6 Å². The Bertz CT molecular complexity index is 1210. The van der Waals surface area contributed by atoms with Crippen molar-refractivity contribution in [2.24, 2.45) is 0 Å². The normalized spacial score (nSPS) is 11.4. The number of benzene rings is 2. The highest BCUT2D eigenvalue weighted by Crippen LogP contribution is 2.30. The average molecular weight is 419 g/mol. The van der Waals surface area contributed by atoms with E-state index in [1.165, 1.54) is 22.5 Å². The monoisotopic (exact) mass is 418 g/mol. The van der Waals surface area contributed by atoms with E-state index in [0.29, 0.717) is 6.54 Å². The quantitative estimate of drug-likeness (QED) is 0.430. The Hall–Kier alpha value is -2.96. The van der Waals surface area contributed by atoms with Gasteiger partial charge in [0.25, 0.3) is 5.56 Å². The molecule has 0 fully saturated rings. The molecule has 2 heterocycles. The highest BCUT2D eigenvalue weighted by molar-refractivity contribution is 7.22. The zero-order chi connectivity index (χ0) is 21.3. The Morgan fingerprint density at radius 1 is 1.00 bits per heavy atom. The van der Waals surface area contributed by atoms with Gasteiger partial charge in [0.1, 0.15) is 4.70 Å². The Kier molecular flexibility index (Phi) is 5.70. The van der Waals surface area contributed by atoms with Gasteiger partial charge in [0.05, 0.1) is 17.5 Å². The minimum Gasteiger partial charge on any atom is -0.309 e. The molecule has 0 saturated heterocycles. The highest BCUT2D eigenvalue weighted by Gasteiger charge is 2.11. The number of nitrogens with zero attached hydrogens (tertiary/aromatic N) is 4. The first-order valence-electron chi connectivity index (χ1n) is 9.98. The van der Waals surface area contributed by atoms with E-state index in [1.807, 2.05) is 32.2 Å². The Labute approximate surface area is 180 Å². The first-order chi connectivity index (χ1) is 14.4. The summed E-state index contributed by atoms with van der Waals surface area (Å²) in [5.74, 6) is 0. The maximum absolute atomic E-state index is 13.0. The summed E-state index contributed by atoms with van der Waals surface area (Å²) in [5, 5.41) is 4.11. The van der Waals surface area contributed by atoms with Crippen molar-refractivity contribution in [3.8, 4) is 10.4 Å². The molecule has 5 nitrogen and oxygen atoms in total. The summed E-state index contributed by atoms with van der Waals surface area (Å²) in [5.41, 5.74) is 5.48. The molecule has 154 valence electrons. The van der Waals surface area contributed by atoms with E-state index in [-0.39, 0.29) is 5.56 Å². The summed E-state index contributed by atoms with van der Waals surface area (Å²) in [4.78, 5) is 18.6. The first-order valence-corrected chi connectivity index (χ1v) is 10.8. The lowest BCUT2D eigenvalue weighted by molar-refractivity contribution is 0.397. The molecule has 2 aromatic carbocycles. The average Bonchev–Trinajstić information content (AvgIpc) is 3.19. The molecule has 0 saturated carbocycles. The maximum atomic E-state index is 13.0. The predicted molar refractivity (Wildman–Crippen MR) is 126 cm³/mol. The lowest BCUT2D eigenvalue weighted by atomic mass is 10.1. The topological polar surface area (TPSA) is 41.4 Å². The molecule has 0 aliphatic carbocycles. The van der Waals surface area contributed by atoms with Gasteiger partial charge < -0.3 is 5.01 Å². The highest BCUT2D eigenvalue weighted by atomic mass is 32.1. The molecule has 0 atom stereocenters. The molecule has 0 aliphatic rings. The van der Waals surface area contributed by atoms with Crippen LogP contribution >= 0.6 is 11.3 Å². The van der Waals surface area contributed by atoms with Crippen LogP contribution in [-0.4, -0.2) is 35.7 Å². The summed E-state index contributed by atoms with van der Waals surface area (Å²) >= 11 is 1.52. The SMILES string of the molecule is Cc1ccc(-c2cc3ncn(CCc4ccc(N(C)N(C)C)cc4)c(=O)c3s2)cc1. The number of hydrazine groups is 1. The number of aryl methyl sites for hydroxylation is 3. The van der Waals surface area contributed by atoms with Gasteiger partial charge in [-0.1, -0.05) is 42.0 Å². The number of hydrogen-bond donors (Lipinski definition) is 0. The fourth-order valence-electron chi connectivity index (χ4n) is 3.32. The minimum atomic E-state index is 0.0346. The fourth-order valence-corrected chi connectivity index (χ4v) is 4.39. The van der Waals surface area contributed by atoms with Crippen LogP contribution in [-0.2, 0) is 13.0 Å². The van der Waals surface area contributed by atoms with Gasteiger partial charge >= 0.3 is 0 Å². The van der Waals surface area contributed by atoms with Crippen LogP contribution < -0.4 is 10.6 Å². The van der Waals surface area contributed by atoms with Crippen molar-refractivity contribution >= 4 is 27.2 Å². The van der Waals surface area contributed by atoms with Crippen molar-refractivity contribution in [3.05, 3.63) is 82.4 Å². The molecule has 0 unspecified atom stereocenters. The summed E-state index contributed by atoms with van der Waals surface area (Å²) in [6.45, 7) is 2.69. The summed E-state index contributed by atoms with van der Waals surface area (Å²) in [7, 11) is 6.05. The smallest absolute Gasteiger partial charge is 0.271 e. The number of rotatable bonds is 6. The zero-order valence-electron chi connectivity index (χ0n) is 17.8. The van der Waals surface area contributed by atoms with Gasteiger partial charge in [-0.2, -0.15) is 0 Å². The molecule has 0 radical (unpaired) electrons. The standard InChI is InChI=1S/C24H26N4OS/c1-17-5-9-19(10-6-17)22-15-21-23(30-22)24(29)28(16-25-21)14-13-18-7-11-20(12-8-18)27(4)26(2)3/h5-12,15-16H,13-14H2,1-4H3. The molecule has 0 aliphatic heterocycles. The number of thiophene rings is 1. The van der Waals surface area contributed by atoms with Crippen molar-refractivity contribution in [1.29, 1.82) is 0 Å². The molecule has 6 heteroatoms. The fraction of sp³-hybridized carbons (Fsp3) is 0.250. The van der Waals surface area contributed by atoms with Gasteiger partial charge in [0.15, 0.2) is 0 Å². The largest absolute Gasteiger partial charge is 0.309 e. The van der Waals surface area contributed by atoms with E-state index in [0.717, 1.165) is 32.8 Å². The third-order valence-electron chi connectivity index (χ3n) is 5.39. The third-order valence-corrected chi connectivity index (χ3v) is 6.55. The van der Waals surface area contributed by atoms with Crippen LogP contribution in [0.1, 0.15) is 11.1 Å². The van der Waals surface area contributed by atoms with Crippen LogP contribution in [0.4, 0.5) is 5.69 Å². The van der Waals surface area contributed by atoms with Gasteiger partial charge in [-0.15, -0.1) is 11.3 Å². The van der Waals surface area contributed by atoms with Crippen LogP contribution in [0, 0.1) is 6.92 Å². The van der Waals surface area contributed by atoms with Gasteiger partial charge in [0.2, 0.25) is 0 Å². The second kappa shape index (κ2) is 8.42. The van der Waals surface area contributed by atoms with Gasteiger partial charge in [-0.05, 0) is 42.7 Å². The zero-order valence-corrected chi connectivity index (χ0v) is 18.6. The Morgan fingerprint density at radius 2 is 1.70 bits per heavy atom. The van der Waals surface area contributed by atoms with Gasteiger partial charge in [-0.25, -0.2) is 9.99 Å². The van der Waals surface area contributed by atoms with Crippen molar-refractivity contribution in [2.75, 3.05) is 26.2 Å². The van der Waals surface area contributed by atoms with E-state index < -0.39 is 0 Å². The molecular weight excluding hydrogens is 392 g/mol. The summed E-state index contributed by atoms with van der Waals surface area (Å²) < 4.78 is 2.44. The molecule has 0 amide bonds. The van der Waals surface area contributed by atoms with Crippen LogP contribution in [0.3, 0.4) is 0 Å². The molecule has 0 N–H and O–H groups in total. The lowest BCUT2D eigenvalue weighted by Crippen LogP contribution is -2.32. The number of fused-ring (bicyclic) bond motifs is 1. The molecular formula is C24H26N4OS. The van der Waals surface area contributed by atoms with E-state index in [1.54, 1.807) is 10.9 Å². The van der Waals surface area contributed by atoms with Gasteiger partial charge in [0, 0.05) is 32.6 Å². The molecule has 0 bridgehead atoms.